The second-order valence-corrected chi connectivity index (χ2v) is 11.7. The summed E-state index contributed by atoms with van der Waals surface area (Å²) in [4.78, 5) is 37.1. The van der Waals surface area contributed by atoms with Crippen molar-refractivity contribution in [3.8, 4) is 5.69 Å². The zero-order chi connectivity index (χ0) is 30.2. The third-order valence-corrected chi connectivity index (χ3v) is 8.10. The van der Waals surface area contributed by atoms with Crippen molar-refractivity contribution in [3.05, 3.63) is 88.9 Å². The van der Waals surface area contributed by atoms with E-state index in [4.69, 9.17) is 4.74 Å². The minimum Gasteiger partial charge on any atom is -0.478 e. The highest BCUT2D eigenvalue weighted by Crippen LogP contribution is 2.46. The van der Waals surface area contributed by atoms with Gasteiger partial charge in [-0.05, 0) is 72.9 Å². The van der Waals surface area contributed by atoms with Gasteiger partial charge in [-0.1, -0.05) is 12.1 Å². The molecule has 0 radical (unpaired) electrons. The average Bonchev–Trinajstić information content (AvgIpc) is 3.74. The Kier molecular flexibility index (Phi) is 7.69. The predicted molar refractivity (Wildman–Crippen MR) is 152 cm³/mol. The fraction of sp³-hybridized carbons (Fsp3) is 0.241. The lowest BCUT2D eigenvalue weighted by Crippen LogP contribution is -2.34. The summed E-state index contributed by atoms with van der Waals surface area (Å²) in [5.41, 5.74) is 1.63. The fourth-order valence-electron chi connectivity index (χ4n) is 4.79. The molecule has 1 fully saturated rings. The first-order valence-corrected chi connectivity index (χ1v) is 14.9. The number of aromatic nitrogens is 2. The number of amides is 1. The second-order valence-electron chi connectivity index (χ2n) is 9.84. The number of esters is 1. The van der Waals surface area contributed by atoms with Gasteiger partial charge in [-0.15, -0.1) is 0 Å². The minimum atomic E-state index is -3.89. The van der Waals surface area contributed by atoms with E-state index < -0.39 is 33.7 Å². The van der Waals surface area contributed by atoms with E-state index in [9.17, 15) is 32.3 Å². The van der Waals surface area contributed by atoms with Crippen molar-refractivity contribution in [1.29, 1.82) is 0 Å². The Labute approximate surface area is 240 Å². The van der Waals surface area contributed by atoms with Crippen LogP contribution in [0.3, 0.4) is 0 Å². The number of sulfonamides is 1. The SMILES string of the molecule is CNC(=O)c1c2cc(C3CC3)c(N(CCOC(=O)c3ccccc3C(=O)O)S(C)(=O)=O)cc2nn1-c1ccc(F)cc1. The summed E-state index contributed by atoms with van der Waals surface area (Å²) in [5.74, 6) is -3.02. The van der Waals surface area contributed by atoms with E-state index in [0.29, 0.717) is 27.8 Å². The van der Waals surface area contributed by atoms with Crippen LogP contribution in [0.4, 0.5) is 10.1 Å². The highest BCUT2D eigenvalue weighted by Gasteiger charge is 2.33. The zero-order valence-corrected chi connectivity index (χ0v) is 23.5. The lowest BCUT2D eigenvalue weighted by atomic mass is 10.0. The van der Waals surface area contributed by atoms with Crippen LogP contribution in [0.25, 0.3) is 16.6 Å². The van der Waals surface area contributed by atoms with Crippen LogP contribution in [-0.4, -0.2) is 67.6 Å². The number of carboxylic acid groups (broad SMARTS) is 1. The number of nitrogens with one attached hydrogen (secondary N) is 1. The van der Waals surface area contributed by atoms with Crippen LogP contribution in [-0.2, 0) is 14.8 Å². The van der Waals surface area contributed by atoms with E-state index in [-0.39, 0.29) is 35.9 Å². The molecular formula is C29H27FN4O7S. The van der Waals surface area contributed by atoms with Crippen LogP contribution >= 0.6 is 0 Å². The molecule has 0 atom stereocenters. The van der Waals surface area contributed by atoms with Crippen molar-refractivity contribution in [2.45, 2.75) is 18.8 Å². The molecule has 1 aromatic heterocycles. The Morgan fingerprint density at radius 3 is 2.36 bits per heavy atom. The molecule has 13 heteroatoms. The van der Waals surface area contributed by atoms with Gasteiger partial charge >= 0.3 is 11.9 Å². The lowest BCUT2D eigenvalue weighted by molar-refractivity contribution is 0.0506. The molecule has 0 saturated heterocycles. The number of fused-ring (bicyclic) bond motifs is 1. The van der Waals surface area contributed by atoms with E-state index in [0.717, 1.165) is 23.4 Å². The van der Waals surface area contributed by atoms with Gasteiger partial charge < -0.3 is 15.2 Å². The van der Waals surface area contributed by atoms with Crippen molar-refractivity contribution in [2.24, 2.45) is 0 Å². The molecule has 1 amide bonds. The van der Waals surface area contributed by atoms with E-state index in [1.165, 1.54) is 60.3 Å². The van der Waals surface area contributed by atoms with Crippen LogP contribution in [0.5, 0.6) is 0 Å². The number of ether oxygens (including phenoxy) is 1. The minimum absolute atomic E-state index is 0.0466. The molecule has 2 N–H and O–H groups in total. The van der Waals surface area contributed by atoms with Crippen molar-refractivity contribution < 1.29 is 37.0 Å². The highest BCUT2D eigenvalue weighted by atomic mass is 32.2. The maximum atomic E-state index is 13.6. The third-order valence-electron chi connectivity index (χ3n) is 6.92. The molecule has 0 bridgehead atoms. The zero-order valence-electron chi connectivity index (χ0n) is 22.7. The van der Waals surface area contributed by atoms with Crippen LogP contribution in [0.15, 0.2) is 60.7 Å². The van der Waals surface area contributed by atoms with Gasteiger partial charge in [-0.2, -0.15) is 5.10 Å². The summed E-state index contributed by atoms with van der Waals surface area (Å²) < 4.78 is 47.4. The van der Waals surface area contributed by atoms with Crippen molar-refractivity contribution >= 4 is 44.5 Å². The first-order valence-electron chi connectivity index (χ1n) is 13.0. The summed E-state index contributed by atoms with van der Waals surface area (Å²) in [5, 5.41) is 17.0. The van der Waals surface area contributed by atoms with Gasteiger partial charge in [0.1, 0.15) is 18.1 Å². The number of carbonyl (C=O) groups is 3. The number of benzene rings is 3. The Bertz CT molecular complexity index is 1820. The molecule has 5 rings (SSSR count). The molecule has 0 spiro atoms. The van der Waals surface area contributed by atoms with Gasteiger partial charge in [0, 0.05) is 12.4 Å². The maximum Gasteiger partial charge on any atom is 0.339 e. The average molecular weight is 595 g/mol. The van der Waals surface area contributed by atoms with E-state index >= 15 is 0 Å². The largest absolute Gasteiger partial charge is 0.478 e. The molecule has 1 aliphatic carbocycles. The first kappa shape index (κ1) is 28.7. The van der Waals surface area contributed by atoms with Crippen LogP contribution in [0.2, 0.25) is 0 Å². The molecule has 0 aliphatic heterocycles. The van der Waals surface area contributed by atoms with Gasteiger partial charge in [0.15, 0.2) is 0 Å². The number of hydrogen-bond donors (Lipinski definition) is 2. The molecule has 11 nitrogen and oxygen atoms in total. The quantitative estimate of drug-likeness (QED) is 0.264. The van der Waals surface area contributed by atoms with E-state index in [2.05, 4.69) is 10.4 Å². The lowest BCUT2D eigenvalue weighted by Gasteiger charge is -2.25. The number of rotatable bonds is 10. The highest BCUT2D eigenvalue weighted by molar-refractivity contribution is 7.92. The van der Waals surface area contributed by atoms with Crippen molar-refractivity contribution in [2.75, 3.05) is 30.8 Å². The van der Waals surface area contributed by atoms with E-state index in [1.54, 1.807) is 12.1 Å². The van der Waals surface area contributed by atoms with Crippen molar-refractivity contribution in [3.63, 3.8) is 0 Å². The molecule has 3 aromatic carbocycles. The Morgan fingerprint density at radius 2 is 1.76 bits per heavy atom. The number of carbonyl (C=O) groups excluding carboxylic acids is 2. The van der Waals surface area contributed by atoms with Crippen LogP contribution in [0.1, 0.15) is 55.5 Å². The Balaban J connectivity index is 1.54. The normalized spacial score (nSPS) is 13.1. The summed E-state index contributed by atoms with van der Waals surface area (Å²) in [6.45, 7) is -0.596. The van der Waals surface area contributed by atoms with Gasteiger partial charge in [-0.3, -0.25) is 9.10 Å². The van der Waals surface area contributed by atoms with E-state index in [1.807, 2.05) is 0 Å². The summed E-state index contributed by atoms with van der Waals surface area (Å²) >= 11 is 0. The topological polar surface area (TPSA) is 148 Å². The maximum absolute atomic E-state index is 13.6. The molecule has 4 aromatic rings. The number of aromatic carboxylic acids is 1. The van der Waals surface area contributed by atoms with Gasteiger partial charge in [0.25, 0.3) is 5.91 Å². The van der Waals surface area contributed by atoms with Crippen molar-refractivity contribution in [1.82, 2.24) is 15.1 Å². The Hall–Kier alpha value is -4.78. The number of carboxylic acids is 1. The second kappa shape index (κ2) is 11.2. The molecule has 42 heavy (non-hydrogen) atoms. The number of halogens is 1. The number of nitrogens with zero attached hydrogens (tertiary/aromatic N) is 3. The van der Waals surface area contributed by atoms with Gasteiger partial charge in [0.05, 0.1) is 40.8 Å². The molecule has 1 saturated carbocycles. The number of anilines is 1. The summed E-state index contributed by atoms with van der Waals surface area (Å²) in [7, 11) is -2.41. The van der Waals surface area contributed by atoms with Gasteiger partial charge in [0.2, 0.25) is 10.0 Å². The standard InChI is InChI=1S/C29H27FN4O7S/c1-31-27(35)26-23-15-22(17-7-8-17)25(16-24(23)32-34(26)19-11-9-18(30)10-12-19)33(42(2,39)40)13-14-41-29(38)21-6-4-3-5-20(21)28(36)37/h3-6,9-12,15-17H,7-8,13-14H2,1-2H3,(H,31,35)(H,36,37). The van der Waals surface area contributed by atoms with Crippen LogP contribution in [0, 0.1) is 5.82 Å². The smallest absolute Gasteiger partial charge is 0.339 e. The van der Waals surface area contributed by atoms with Gasteiger partial charge in [-0.25, -0.2) is 27.1 Å². The third kappa shape index (κ3) is 5.68. The monoisotopic (exact) mass is 594 g/mol. The predicted octanol–water partition coefficient (Wildman–Crippen LogP) is 3.72. The molecular weight excluding hydrogens is 567 g/mol. The summed E-state index contributed by atoms with van der Waals surface area (Å²) in [6.07, 6.45) is 2.67. The number of hydrogen-bond acceptors (Lipinski definition) is 7. The molecule has 218 valence electrons. The Morgan fingerprint density at radius 1 is 1.10 bits per heavy atom. The van der Waals surface area contributed by atoms with Crippen LogP contribution < -0.4 is 9.62 Å². The molecule has 1 aliphatic rings. The molecule has 0 unspecified atom stereocenters. The molecule has 1 heterocycles. The fourth-order valence-corrected chi connectivity index (χ4v) is 5.71. The first-order chi connectivity index (χ1) is 20.0. The summed E-state index contributed by atoms with van der Waals surface area (Å²) in [6, 6.07) is 14.4.